The van der Waals surface area contributed by atoms with Gasteiger partial charge in [-0.05, 0) is 51.7 Å². The second-order valence-corrected chi connectivity index (χ2v) is 8.59. The number of carbonyl (C=O) groups is 1. The van der Waals surface area contributed by atoms with Crippen molar-refractivity contribution in [3.05, 3.63) is 36.3 Å². The quantitative estimate of drug-likeness (QED) is 0.822. The molecule has 1 N–H and O–H groups in total. The first-order chi connectivity index (χ1) is 14.1. The van der Waals surface area contributed by atoms with Crippen LogP contribution in [0.25, 0.3) is 11.3 Å². The van der Waals surface area contributed by atoms with E-state index >= 15 is 0 Å². The van der Waals surface area contributed by atoms with Crippen molar-refractivity contribution in [3.63, 3.8) is 0 Å². The molecule has 1 aliphatic carbocycles. The van der Waals surface area contributed by atoms with Gasteiger partial charge < -0.3 is 10.2 Å². The zero-order valence-corrected chi connectivity index (χ0v) is 17.5. The lowest BCUT2D eigenvalue weighted by molar-refractivity contribution is -0.136. The van der Waals surface area contributed by atoms with Crippen LogP contribution < -0.4 is 5.32 Å². The minimum atomic E-state index is 0.261. The first-order valence-electron chi connectivity index (χ1n) is 11.0. The average molecular weight is 394 g/mol. The third kappa shape index (κ3) is 4.57. The summed E-state index contributed by atoms with van der Waals surface area (Å²) in [5.74, 6) is 1.61. The first-order valence-corrected chi connectivity index (χ1v) is 11.0. The van der Waals surface area contributed by atoms with Crippen molar-refractivity contribution in [2.24, 2.45) is 5.92 Å². The van der Waals surface area contributed by atoms with E-state index in [0.29, 0.717) is 17.8 Å². The Morgan fingerprint density at radius 3 is 2.52 bits per heavy atom. The number of amides is 1. The van der Waals surface area contributed by atoms with Gasteiger partial charge in [-0.3, -0.25) is 9.78 Å². The number of nitrogens with zero attached hydrogens (tertiary/aromatic N) is 4. The number of aromatic nitrogens is 3. The molecule has 6 nitrogen and oxygen atoms in total. The van der Waals surface area contributed by atoms with E-state index in [1.165, 1.54) is 12.8 Å². The van der Waals surface area contributed by atoms with E-state index in [-0.39, 0.29) is 12.0 Å². The molecule has 3 heterocycles. The molecule has 1 aliphatic heterocycles. The second kappa shape index (κ2) is 8.89. The first kappa shape index (κ1) is 19.8. The average Bonchev–Trinajstić information content (AvgIpc) is 3.28. The van der Waals surface area contributed by atoms with Crippen LogP contribution in [-0.4, -0.2) is 44.9 Å². The van der Waals surface area contributed by atoms with Gasteiger partial charge in [-0.2, -0.15) is 0 Å². The molecule has 0 unspecified atom stereocenters. The van der Waals surface area contributed by atoms with Crippen molar-refractivity contribution in [2.75, 3.05) is 18.4 Å². The summed E-state index contributed by atoms with van der Waals surface area (Å²) in [7, 11) is 0. The van der Waals surface area contributed by atoms with Crippen LogP contribution in [0.15, 0.2) is 30.6 Å². The van der Waals surface area contributed by atoms with Crippen LogP contribution in [0.4, 0.5) is 5.95 Å². The predicted molar refractivity (Wildman–Crippen MR) is 115 cm³/mol. The highest BCUT2D eigenvalue weighted by atomic mass is 16.2. The molecule has 6 heteroatoms. The normalized spacial score (nSPS) is 18.4. The largest absolute Gasteiger partial charge is 0.352 e. The maximum absolute atomic E-state index is 12.8. The molecular formula is C23H31N5O. The van der Waals surface area contributed by atoms with Crippen LogP contribution in [0, 0.1) is 5.92 Å². The van der Waals surface area contributed by atoms with Crippen LogP contribution in [0.2, 0.25) is 0 Å². The molecule has 2 aromatic rings. The van der Waals surface area contributed by atoms with Gasteiger partial charge >= 0.3 is 0 Å². The minimum Gasteiger partial charge on any atom is -0.352 e. The summed E-state index contributed by atoms with van der Waals surface area (Å²) in [6.07, 6.45) is 10.1. The number of carbonyl (C=O) groups excluding carboxylic acids is 1. The van der Waals surface area contributed by atoms with Gasteiger partial charge in [0.05, 0.1) is 11.4 Å². The predicted octanol–water partition coefficient (Wildman–Crippen LogP) is 4.26. The standard InChI is InChI=1S/C23H31N5O/c1-16(2)26-23-25-15-19(20-9-5-6-12-24-20)21(27-23)17-10-13-28(14-11-17)22(29)18-7-3-4-8-18/h5-6,9,12,15-18H,3-4,7-8,10-11,13-14H2,1-2H3,(H,25,26,27). The van der Waals surface area contributed by atoms with Crippen molar-refractivity contribution in [2.45, 2.75) is 64.3 Å². The molecule has 2 fully saturated rings. The minimum absolute atomic E-state index is 0.261. The lowest BCUT2D eigenvalue weighted by Gasteiger charge is -2.34. The molecule has 0 spiro atoms. The molecule has 0 aromatic carbocycles. The number of likely N-dealkylation sites (tertiary alicyclic amines) is 1. The van der Waals surface area contributed by atoms with Crippen molar-refractivity contribution in [1.82, 2.24) is 19.9 Å². The topological polar surface area (TPSA) is 71.0 Å². The fraction of sp³-hybridized carbons (Fsp3) is 0.565. The molecule has 2 aliphatic rings. The van der Waals surface area contributed by atoms with Crippen molar-refractivity contribution < 1.29 is 4.79 Å². The zero-order valence-electron chi connectivity index (χ0n) is 17.5. The molecule has 29 heavy (non-hydrogen) atoms. The Kier molecular flexibility index (Phi) is 6.07. The summed E-state index contributed by atoms with van der Waals surface area (Å²) < 4.78 is 0. The Hall–Kier alpha value is -2.50. The lowest BCUT2D eigenvalue weighted by Crippen LogP contribution is -2.41. The van der Waals surface area contributed by atoms with Gasteiger partial charge in [0.1, 0.15) is 0 Å². The van der Waals surface area contributed by atoms with Crippen molar-refractivity contribution in [3.8, 4) is 11.3 Å². The van der Waals surface area contributed by atoms with Gasteiger partial charge in [0.15, 0.2) is 0 Å². The molecule has 154 valence electrons. The molecule has 0 atom stereocenters. The van der Waals surface area contributed by atoms with Gasteiger partial charge in [-0.15, -0.1) is 0 Å². The smallest absolute Gasteiger partial charge is 0.225 e. The van der Waals surface area contributed by atoms with Gasteiger partial charge in [0, 0.05) is 48.9 Å². The Morgan fingerprint density at radius 1 is 1.10 bits per heavy atom. The van der Waals surface area contributed by atoms with Gasteiger partial charge in [0.25, 0.3) is 0 Å². The summed E-state index contributed by atoms with van der Waals surface area (Å²) in [6, 6.07) is 6.20. The highest BCUT2D eigenvalue weighted by molar-refractivity contribution is 5.79. The monoisotopic (exact) mass is 393 g/mol. The maximum atomic E-state index is 12.8. The summed E-state index contributed by atoms with van der Waals surface area (Å²) in [5, 5.41) is 3.32. The second-order valence-electron chi connectivity index (χ2n) is 8.59. The van der Waals surface area contributed by atoms with Crippen LogP contribution in [0.3, 0.4) is 0 Å². The summed E-state index contributed by atoms with van der Waals surface area (Å²) in [5.41, 5.74) is 2.96. The fourth-order valence-corrected chi connectivity index (χ4v) is 4.56. The molecule has 0 bridgehead atoms. The Balaban J connectivity index is 1.54. The fourth-order valence-electron chi connectivity index (χ4n) is 4.56. The molecule has 1 saturated heterocycles. The van der Waals surface area contributed by atoms with Crippen LogP contribution in [0.1, 0.15) is 64.0 Å². The van der Waals surface area contributed by atoms with Crippen LogP contribution >= 0.6 is 0 Å². The Morgan fingerprint density at radius 2 is 1.86 bits per heavy atom. The molecular weight excluding hydrogens is 362 g/mol. The highest BCUT2D eigenvalue weighted by Crippen LogP contribution is 2.35. The molecule has 0 radical (unpaired) electrons. The molecule has 4 rings (SSSR count). The van der Waals surface area contributed by atoms with Crippen LogP contribution in [-0.2, 0) is 4.79 Å². The summed E-state index contributed by atoms with van der Waals surface area (Å²) in [4.78, 5) is 28.8. The lowest BCUT2D eigenvalue weighted by atomic mass is 9.89. The highest BCUT2D eigenvalue weighted by Gasteiger charge is 2.31. The third-order valence-corrected chi connectivity index (χ3v) is 6.07. The number of nitrogens with one attached hydrogen (secondary N) is 1. The number of anilines is 1. The van der Waals surface area contributed by atoms with E-state index in [2.05, 4.69) is 34.0 Å². The Labute approximate surface area is 173 Å². The molecule has 1 amide bonds. The number of hydrogen-bond acceptors (Lipinski definition) is 5. The van der Waals surface area contributed by atoms with Crippen LogP contribution in [0.5, 0.6) is 0 Å². The number of hydrogen-bond donors (Lipinski definition) is 1. The van der Waals surface area contributed by atoms with Gasteiger partial charge in [-0.1, -0.05) is 18.9 Å². The van der Waals surface area contributed by atoms with Gasteiger partial charge in [-0.25, -0.2) is 9.97 Å². The summed E-state index contributed by atoms with van der Waals surface area (Å²) >= 11 is 0. The van der Waals surface area contributed by atoms with Gasteiger partial charge in [0.2, 0.25) is 11.9 Å². The number of pyridine rings is 1. The number of rotatable bonds is 5. The SMILES string of the molecule is CC(C)Nc1ncc(-c2ccccn2)c(C2CCN(C(=O)C3CCCC3)CC2)n1. The third-order valence-electron chi connectivity index (χ3n) is 6.07. The number of piperidine rings is 1. The van der Waals surface area contributed by atoms with Crippen molar-refractivity contribution in [1.29, 1.82) is 0 Å². The van der Waals surface area contributed by atoms with Crippen molar-refractivity contribution >= 4 is 11.9 Å². The Bertz CT molecular complexity index is 824. The molecule has 2 aromatic heterocycles. The van der Waals surface area contributed by atoms with E-state index in [0.717, 1.165) is 55.7 Å². The van der Waals surface area contributed by atoms with E-state index in [1.54, 1.807) is 0 Å². The van der Waals surface area contributed by atoms with E-state index in [1.807, 2.05) is 30.6 Å². The van der Waals surface area contributed by atoms with E-state index in [4.69, 9.17) is 4.98 Å². The summed E-state index contributed by atoms with van der Waals surface area (Å²) in [6.45, 7) is 5.81. The van der Waals surface area contributed by atoms with E-state index in [9.17, 15) is 4.79 Å². The van der Waals surface area contributed by atoms with E-state index < -0.39 is 0 Å². The maximum Gasteiger partial charge on any atom is 0.225 e. The zero-order chi connectivity index (χ0) is 20.2. The molecule has 1 saturated carbocycles.